The van der Waals surface area contributed by atoms with Crippen molar-refractivity contribution in [2.75, 3.05) is 11.4 Å². The van der Waals surface area contributed by atoms with E-state index >= 15 is 0 Å². The van der Waals surface area contributed by atoms with Crippen LogP contribution in [-0.2, 0) is 11.3 Å². The van der Waals surface area contributed by atoms with Crippen LogP contribution in [0.5, 0.6) is 0 Å². The van der Waals surface area contributed by atoms with Crippen LogP contribution in [0.25, 0.3) is 0 Å². The molecule has 0 unspecified atom stereocenters. The zero-order valence-corrected chi connectivity index (χ0v) is 9.91. The molecule has 17 heavy (non-hydrogen) atoms. The van der Waals surface area contributed by atoms with Crippen molar-refractivity contribution in [1.82, 2.24) is 4.57 Å². The number of amides is 1. The Morgan fingerprint density at radius 1 is 1.12 bits per heavy atom. The van der Waals surface area contributed by atoms with Crippen molar-refractivity contribution in [3.63, 3.8) is 0 Å². The fourth-order valence-electron chi connectivity index (χ4n) is 1.83. The van der Waals surface area contributed by atoms with Gasteiger partial charge in [0.05, 0.1) is 0 Å². The van der Waals surface area contributed by atoms with Crippen LogP contribution >= 0.6 is 0 Å². The van der Waals surface area contributed by atoms with Gasteiger partial charge in [-0.3, -0.25) is 4.79 Å². The van der Waals surface area contributed by atoms with E-state index in [2.05, 4.69) is 0 Å². The molecule has 1 amide bonds. The van der Waals surface area contributed by atoms with Gasteiger partial charge in [0.1, 0.15) is 6.54 Å². The van der Waals surface area contributed by atoms with Crippen LogP contribution in [0.2, 0.25) is 0 Å². The molecular formula is C14H16N2O. The Morgan fingerprint density at radius 2 is 1.76 bits per heavy atom. The van der Waals surface area contributed by atoms with E-state index in [-0.39, 0.29) is 5.91 Å². The van der Waals surface area contributed by atoms with Crippen molar-refractivity contribution in [3.8, 4) is 0 Å². The van der Waals surface area contributed by atoms with Crippen molar-refractivity contribution < 1.29 is 4.79 Å². The standard InChI is InChI=1S/C14H16N2O/c1-2-16(13-8-4-3-5-9-13)14(17)12-15-10-6-7-11-15/h3-11H,2,12H2,1H3. The SMILES string of the molecule is CCN(C(=O)Cn1cccc1)c1ccccc1. The smallest absolute Gasteiger partial charge is 0.246 e. The second-order valence-electron chi connectivity index (χ2n) is 3.83. The lowest BCUT2D eigenvalue weighted by Crippen LogP contribution is -2.33. The summed E-state index contributed by atoms with van der Waals surface area (Å²) in [5.41, 5.74) is 0.951. The molecule has 3 heteroatoms. The Kier molecular flexibility index (Phi) is 3.60. The van der Waals surface area contributed by atoms with E-state index in [1.807, 2.05) is 66.3 Å². The first-order valence-corrected chi connectivity index (χ1v) is 5.77. The van der Waals surface area contributed by atoms with Crippen LogP contribution in [0, 0.1) is 0 Å². The number of anilines is 1. The van der Waals surface area contributed by atoms with E-state index < -0.39 is 0 Å². The number of rotatable bonds is 4. The van der Waals surface area contributed by atoms with Crippen molar-refractivity contribution in [2.24, 2.45) is 0 Å². The maximum absolute atomic E-state index is 12.1. The second kappa shape index (κ2) is 5.34. The zero-order valence-electron chi connectivity index (χ0n) is 9.91. The summed E-state index contributed by atoms with van der Waals surface area (Å²) < 4.78 is 1.88. The van der Waals surface area contributed by atoms with Crippen LogP contribution in [0.15, 0.2) is 54.9 Å². The predicted molar refractivity (Wildman–Crippen MR) is 68.9 cm³/mol. The highest BCUT2D eigenvalue weighted by molar-refractivity contribution is 5.93. The van der Waals surface area contributed by atoms with Crippen molar-refractivity contribution in [1.29, 1.82) is 0 Å². The first kappa shape index (κ1) is 11.5. The van der Waals surface area contributed by atoms with Crippen LogP contribution in [0.1, 0.15) is 6.92 Å². The first-order chi connectivity index (χ1) is 8.31. The van der Waals surface area contributed by atoms with Gasteiger partial charge in [-0.1, -0.05) is 18.2 Å². The largest absolute Gasteiger partial charge is 0.345 e. The molecule has 3 nitrogen and oxygen atoms in total. The Hall–Kier alpha value is -2.03. The van der Waals surface area contributed by atoms with Gasteiger partial charge in [0.15, 0.2) is 0 Å². The second-order valence-corrected chi connectivity index (χ2v) is 3.83. The van der Waals surface area contributed by atoms with E-state index in [0.29, 0.717) is 13.1 Å². The Morgan fingerprint density at radius 3 is 2.35 bits per heavy atom. The van der Waals surface area contributed by atoms with Crippen LogP contribution in [0.4, 0.5) is 5.69 Å². The van der Waals surface area contributed by atoms with E-state index in [0.717, 1.165) is 5.69 Å². The summed E-state index contributed by atoms with van der Waals surface area (Å²) in [5, 5.41) is 0. The summed E-state index contributed by atoms with van der Waals surface area (Å²) in [4.78, 5) is 13.9. The molecule has 0 saturated carbocycles. The summed E-state index contributed by atoms with van der Waals surface area (Å²) >= 11 is 0. The van der Waals surface area contributed by atoms with Gasteiger partial charge in [0, 0.05) is 24.6 Å². The van der Waals surface area contributed by atoms with Gasteiger partial charge in [0.25, 0.3) is 0 Å². The number of hydrogen-bond acceptors (Lipinski definition) is 1. The first-order valence-electron chi connectivity index (χ1n) is 5.77. The molecule has 0 aliphatic heterocycles. The molecule has 0 N–H and O–H groups in total. The Balaban J connectivity index is 2.11. The zero-order chi connectivity index (χ0) is 12.1. The van der Waals surface area contributed by atoms with Crippen LogP contribution < -0.4 is 4.90 Å². The van der Waals surface area contributed by atoms with E-state index in [1.54, 1.807) is 4.90 Å². The number of carbonyl (C=O) groups excluding carboxylic acids is 1. The monoisotopic (exact) mass is 228 g/mol. The minimum atomic E-state index is 0.106. The van der Waals surface area contributed by atoms with Crippen molar-refractivity contribution in [3.05, 3.63) is 54.9 Å². The summed E-state index contributed by atoms with van der Waals surface area (Å²) in [5.74, 6) is 0.106. The molecule has 0 saturated heterocycles. The number of carbonyl (C=O) groups is 1. The lowest BCUT2D eigenvalue weighted by molar-refractivity contribution is -0.119. The minimum absolute atomic E-state index is 0.106. The molecule has 2 aromatic rings. The van der Waals surface area contributed by atoms with Crippen LogP contribution in [0.3, 0.4) is 0 Å². The summed E-state index contributed by atoms with van der Waals surface area (Å²) in [7, 11) is 0. The maximum atomic E-state index is 12.1. The lowest BCUT2D eigenvalue weighted by atomic mass is 10.3. The molecule has 1 aromatic carbocycles. The third kappa shape index (κ3) is 2.75. The van der Waals surface area contributed by atoms with Crippen LogP contribution in [-0.4, -0.2) is 17.0 Å². The number of para-hydroxylation sites is 1. The number of nitrogens with zero attached hydrogens (tertiary/aromatic N) is 2. The molecule has 0 aliphatic carbocycles. The molecule has 0 fully saturated rings. The van der Waals surface area contributed by atoms with Gasteiger partial charge >= 0.3 is 0 Å². The van der Waals surface area contributed by atoms with Gasteiger partial charge in [0.2, 0.25) is 5.91 Å². The molecule has 88 valence electrons. The molecular weight excluding hydrogens is 212 g/mol. The Labute approximate surface area is 101 Å². The molecule has 0 aliphatic rings. The molecule has 2 rings (SSSR count). The topological polar surface area (TPSA) is 25.2 Å². The number of aromatic nitrogens is 1. The van der Waals surface area contributed by atoms with E-state index in [4.69, 9.17) is 0 Å². The third-order valence-corrected chi connectivity index (χ3v) is 2.67. The average molecular weight is 228 g/mol. The lowest BCUT2D eigenvalue weighted by Gasteiger charge is -2.21. The number of benzene rings is 1. The molecule has 1 aromatic heterocycles. The molecule has 0 bridgehead atoms. The summed E-state index contributed by atoms with van der Waals surface area (Å²) in [6.07, 6.45) is 3.80. The molecule has 0 spiro atoms. The fourth-order valence-corrected chi connectivity index (χ4v) is 1.83. The highest BCUT2D eigenvalue weighted by Gasteiger charge is 2.13. The molecule has 1 heterocycles. The van der Waals surface area contributed by atoms with Gasteiger partial charge in [-0.25, -0.2) is 0 Å². The average Bonchev–Trinajstić information content (AvgIpc) is 2.84. The molecule has 0 atom stereocenters. The molecule has 0 radical (unpaired) electrons. The highest BCUT2D eigenvalue weighted by Crippen LogP contribution is 2.13. The number of hydrogen-bond donors (Lipinski definition) is 0. The maximum Gasteiger partial charge on any atom is 0.246 e. The Bertz CT molecular complexity index is 462. The summed E-state index contributed by atoms with van der Waals surface area (Å²) in [6, 6.07) is 13.6. The normalized spacial score (nSPS) is 10.2. The van der Waals surface area contributed by atoms with Gasteiger partial charge in [-0.05, 0) is 31.2 Å². The van der Waals surface area contributed by atoms with E-state index in [9.17, 15) is 4.79 Å². The number of likely N-dealkylation sites (N-methyl/N-ethyl adjacent to an activating group) is 1. The predicted octanol–water partition coefficient (Wildman–Crippen LogP) is 2.54. The highest BCUT2D eigenvalue weighted by atomic mass is 16.2. The van der Waals surface area contributed by atoms with Gasteiger partial charge in [-0.2, -0.15) is 0 Å². The van der Waals surface area contributed by atoms with Gasteiger partial charge in [-0.15, -0.1) is 0 Å². The third-order valence-electron chi connectivity index (χ3n) is 2.67. The van der Waals surface area contributed by atoms with Gasteiger partial charge < -0.3 is 9.47 Å². The minimum Gasteiger partial charge on any atom is -0.345 e. The van der Waals surface area contributed by atoms with Crippen molar-refractivity contribution in [2.45, 2.75) is 13.5 Å². The fraction of sp³-hybridized carbons (Fsp3) is 0.214. The summed E-state index contributed by atoms with van der Waals surface area (Å²) in [6.45, 7) is 3.06. The van der Waals surface area contributed by atoms with Crippen molar-refractivity contribution >= 4 is 11.6 Å². The van der Waals surface area contributed by atoms with E-state index in [1.165, 1.54) is 0 Å². The quantitative estimate of drug-likeness (QED) is 0.789.